The molecule has 0 fully saturated rings. The van der Waals surface area contributed by atoms with Gasteiger partial charge in [-0.05, 0) is 26.3 Å². The number of carbonyl (C=O) groups is 2. The van der Waals surface area contributed by atoms with Gasteiger partial charge in [-0.3, -0.25) is 4.79 Å². The fourth-order valence-electron chi connectivity index (χ4n) is 1.53. The molecule has 0 radical (unpaired) electrons. The van der Waals surface area contributed by atoms with Crippen LogP contribution < -0.4 is 10.6 Å². The van der Waals surface area contributed by atoms with Crippen molar-refractivity contribution >= 4 is 12.5 Å². The van der Waals surface area contributed by atoms with E-state index in [0.717, 1.165) is 5.56 Å². The highest BCUT2D eigenvalue weighted by molar-refractivity contribution is 5.68. The van der Waals surface area contributed by atoms with Crippen LogP contribution in [-0.4, -0.2) is 24.3 Å². The average molecular weight is 264 g/mol. The van der Waals surface area contributed by atoms with Gasteiger partial charge >= 0.3 is 6.09 Å². The molecular formula is C14H20N2O3. The van der Waals surface area contributed by atoms with Crippen molar-refractivity contribution in [2.45, 2.75) is 39.0 Å². The Morgan fingerprint density at radius 1 is 1.32 bits per heavy atom. The number of hydrogen-bond donors (Lipinski definition) is 2. The molecule has 2 N–H and O–H groups in total. The molecule has 0 aromatic heterocycles. The maximum absolute atomic E-state index is 11.6. The smallest absolute Gasteiger partial charge is 0.409 e. The SMILES string of the molecule is CC(C)(C)OC(=O)NC(Cc1ccccc1)NC=O. The third-order valence-electron chi connectivity index (χ3n) is 2.24. The number of ether oxygens (including phenoxy) is 1. The Balaban J connectivity index is 2.58. The minimum absolute atomic E-state index is 0.491. The van der Waals surface area contributed by atoms with Gasteiger partial charge in [-0.25, -0.2) is 4.79 Å². The second kappa shape index (κ2) is 6.78. The van der Waals surface area contributed by atoms with Crippen LogP contribution in [0, 0.1) is 0 Å². The quantitative estimate of drug-likeness (QED) is 0.629. The summed E-state index contributed by atoms with van der Waals surface area (Å²) in [6, 6.07) is 9.57. The van der Waals surface area contributed by atoms with E-state index in [2.05, 4.69) is 10.6 Å². The van der Waals surface area contributed by atoms with Crippen LogP contribution in [0.3, 0.4) is 0 Å². The lowest BCUT2D eigenvalue weighted by atomic mass is 10.1. The summed E-state index contributed by atoms with van der Waals surface area (Å²) >= 11 is 0. The highest BCUT2D eigenvalue weighted by Crippen LogP contribution is 2.07. The maximum Gasteiger partial charge on any atom is 0.409 e. The van der Waals surface area contributed by atoms with Gasteiger partial charge in [-0.15, -0.1) is 0 Å². The minimum atomic E-state index is -0.567. The van der Waals surface area contributed by atoms with Gasteiger partial charge in [0, 0.05) is 6.42 Å². The van der Waals surface area contributed by atoms with E-state index in [9.17, 15) is 9.59 Å². The standard InChI is InChI=1S/C14H20N2O3/c1-14(2,3)19-13(18)16-12(15-10-17)9-11-7-5-4-6-8-11/h4-8,10,12H,9H2,1-3H3,(H,15,17)(H,16,18). The van der Waals surface area contributed by atoms with Crippen molar-refractivity contribution in [1.82, 2.24) is 10.6 Å². The molecule has 0 aliphatic carbocycles. The summed E-state index contributed by atoms with van der Waals surface area (Å²) in [5.41, 5.74) is 0.445. The lowest BCUT2D eigenvalue weighted by molar-refractivity contribution is -0.110. The Morgan fingerprint density at radius 2 is 1.95 bits per heavy atom. The molecule has 2 amide bonds. The van der Waals surface area contributed by atoms with Gasteiger partial charge in [0.2, 0.25) is 6.41 Å². The third kappa shape index (κ3) is 6.45. The predicted molar refractivity (Wildman–Crippen MR) is 72.5 cm³/mol. The molecule has 0 spiro atoms. The first-order valence-electron chi connectivity index (χ1n) is 6.14. The minimum Gasteiger partial charge on any atom is -0.444 e. The molecule has 0 saturated heterocycles. The van der Waals surface area contributed by atoms with Crippen LogP contribution in [0.2, 0.25) is 0 Å². The van der Waals surface area contributed by atoms with Gasteiger partial charge < -0.3 is 15.4 Å². The normalized spacial score (nSPS) is 12.4. The van der Waals surface area contributed by atoms with Crippen LogP contribution in [0.5, 0.6) is 0 Å². The number of alkyl carbamates (subject to hydrolysis) is 1. The summed E-state index contributed by atoms with van der Waals surface area (Å²) in [6.45, 7) is 5.35. The van der Waals surface area contributed by atoms with E-state index >= 15 is 0 Å². The van der Waals surface area contributed by atoms with E-state index in [1.165, 1.54) is 0 Å². The van der Waals surface area contributed by atoms with Crippen molar-refractivity contribution in [3.63, 3.8) is 0 Å². The summed E-state index contributed by atoms with van der Waals surface area (Å²) in [5, 5.41) is 5.17. The number of benzene rings is 1. The van der Waals surface area contributed by atoms with Gasteiger partial charge in [0.1, 0.15) is 11.8 Å². The van der Waals surface area contributed by atoms with E-state index < -0.39 is 17.9 Å². The third-order valence-corrected chi connectivity index (χ3v) is 2.24. The van der Waals surface area contributed by atoms with Crippen LogP contribution in [0.25, 0.3) is 0 Å². The molecule has 1 aromatic rings. The van der Waals surface area contributed by atoms with E-state index in [1.54, 1.807) is 20.8 Å². The summed E-state index contributed by atoms with van der Waals surface area (Å²) < 4.78 is 5.15. The maximum atomic E-state index is 11.6. The number of rotatable bonds is 5. The predicted octanol–water partition coefficient (Wildman–Crippen LogP) is 1.83. The van der Waals surface area contributed by atoms with Crippen molar-refractivity contribution < 1.29 is 14.3 Å². The average Bonchev–Trinajstić information content (AvgIpc) is 2.27. The molecular weight excluding hydrogens is 244 g/mol. The molecule has 0 aliphatic rings. The number of amides is 2. The second-order valence-corrected chi connectivity index (χ2v) is 5.17. The van der Waals surface area contributed by atoms with E-state index in [4.69, 9.17) is 4.74 Å². The zero-order valence-electron chi connectivity index (χ0n) is 11.5. The Morgan fingerprint density at radius 3 is 2.47 bits per heavy atom. The number of nitrogens with one attached hydrogen (secondary N) is 2. The first-order chi connectivity index (χ1) is 8.90. The van der Waals surface area contributed by atoms with Crippen LogP contribution in [-0.2, 0) is 16.0 Å². The van der Waals surface area contributed by atoms with E-state index in [-0.39, 0.29) is 0 Å². The van der Waals surface area contributed by atoms with Crippen molar-refractivity contribution in [3.8, 4) is 0 Å². The zero-order chi connectivity index (χ0) is 14.3. The summed E-state index contributed by atoms with van der Waals surface area (Å²) in [6.07, 6.45) is 0.0154. The molecule has 0 saturated carbocycles. The van der Waals surface area contributed by atoms with Gasteiger partial charge in [0.15, 0.2) is 0 Å². The monoisotopic (exact) mass is 264 g/mol. The molecule has 0 heterocycles. The van der Waals surface area contributed by atoms with Gasteiger partial charge in [0.25, 0.3) is 0 Å². The largest absolute Gasteiger partial charge is 0.444 e. The summed E-state index contributed by atoms with van der Waals surface area (Å²) in [5.74, 6) is 0. The van der Waals surface area contributed by atoms with Crippen LogP contribution >= 0.6 is 0 Å². The molecule has 1 rings (SSSR count). The van der Waals surface area contributed by atoms with E-state index in [1.807, 2.05) is 30.3 Å². The molecule has 0 bridgehead atoms. The second-order valence-electron chi connectivity index (χ2n) is 5.17. The Labute approximate surface area is 113 Å². The molecule has 104 valence electrons. The Hall–Kier alpha value is -2.04. The molecule has 5 heteroatoms. The van der Waals surface area contributed by atoms with Gasteiger partial charge in [-0.1, -0.05) is 30.3 Å². The Kier molecular flexibility index (Phi) is 5.36. The number of carbonyl (C=O) groups excluding carboxylic acids is 2. The van der Waals surface area contributed by atoms with Crippen LogP contribution in [0.1, 0.15) is 26.3 Å². The summed E-state index contributed by atoms with van der Waals surface area (Å²) in [7, 11) is 0. The van der Waals surface area contributed by atoms with Crippen molar-refractivity contribution in [3.05, 3.63) is 35.9 Å². The highest BCUT2D eigenvalue weighted by Gasteiger charge is 2.19. The molecule has 1 unspecified atom stereocenters. The van der Waals surface area contributed by atoms with Gasteiger partial charge in [-0.2, -0.15) is 0 Å². The lowest BCUT2D eigenvalue weighted by Gasteiger charge is -2.23. The molecule has 1 atom stereocenters. The zero-order valence-corrected chi connectivity index (χ0v) is 11.5. The van der Waals surface area contributed by atoms with Crippen molar-refractivity contribution in [1.29, 1.82) is 0 Å². The lowest BCUT2D eigenvalue weighted by Crippen LogP contribution is -2.48. The number of hydrogen-bond acceptors (Lipinski definition) is 3. The van der Waals surface area contributed by atoms with Crippen LogP contribution in [0.4, 0.5) is 4.79 Å². The summed E-state index contributed by atoms with van der Waals surface area (Å²) in [4.78, 5) is 22.2. The molecule has 1 aromatic carbocycles. The topological polar surface area (TPSA) is 67.4 Å². The fourth-order valence-corrected chi connectivity index (χ4v) is 1.53. The van der Waals surface area contributed by atoms with Gasteiger partial charge in [0.05, 0.1) is 0 Å². The van der Waals surface area contributed by atoms with E-state index in [0.29, 0.717) is 12.8 Å². The molecule has 0 aliphatic heterocycles. The van der Waals surface area contributed by atoms with Crippen molar-refractivity contribution in [2.24, 2.45) is 0 Å². The fraction of sp³-hybridized carbons (Fsp3) is 0.429. The van der Waals surface area contributed by atoms with Crippen LogP contribution in [0.15, 0.2) is 30.3 Å². The first-order valence-corrected chi connectivity index (χ1v) is 6.14. The molecule has 5 nitrogen and oxygen atoms in total. The Bertz CT molecular complexity index is 412. The molecule has 19 heavy (non-hydrogen) atoms. The highest BCUT2D eigenvalue weighted by atomic mass is 16.6. The van der Waals surface area contributed by atoms with Crippen molar-refractivity contribution in [2.75, 3.05) is 0 Å². The first kappa shape index (κ1) is 15.0.